The highest BCUT2D eigenvalue weighted by molar-refractivity contribution is 6.30. The second kappa shape index (κ2) is 12.7. The van der Waals surface area contributed by atoms with Gasteiger partial charge in [-0.05, 0) is 75.6 Å². The molecule has 0 fully saturated rings. The topological polar surface area (TPSA) is 110 Å². The number of rotatable bonds is 10. The van der Waals surface area contributed by atoms with Crippen LogP contribution in [0.1, 0.15) is 48.3 Å². The lowest BCUT2D eigenvalue weighted by atomic mass is 9.89. The molecule has 42 heavy (non-hydrogen) atoms. The molecule has 2 aromatic carbocycles. The highest BCUT2D eigenvalue weighted by atomic mass is 35.5. The molecule has 0 aliphatic heterocycles. The van der Waals surface area contributed by atoms with Crippen LogP contribution >= 0.6 is 11.6 Å². The van der Waals surface area contributed by atoms with Crippen molar-refractivity contribution in [3.8, 4) is 5.75 Å². The SMILES string of the molecule is COC1=C(OC)C(=O)C(CCC(C)OC(=O)Cc2c(C)n(C(=O)c3ccc(Cl)cc3)c3cc(OC)ccc23)=C(C)C1=O. The van der Waals surface area contributed by atoms with Gasteiger partial charge in [0.25, 0.3) is 5.91 Å². The van der Waals surface area contributed by atoms with Gasteiger partial charge in [-0.3, -0.25) is 23.7 Å². The normalized spacial score (nSPS) is 14.4. The average molecular weight is 594 g/mol. The maximum atomic E-state index is 13.6. The summed E-state index contributed by atoms with van der Waals surface area (Å²) in [6.07, 6.45) is -0.108. The number of hydrogen-bond donors (Lipinski definition) is 0. The van der Waals surface area contributed by atoms with Gasteiger partial charge in [0, 0.05) is 38.9 Å². The van der Waals surface area contributed by atoms with E-state index in [1.807, 2.05) is 6.07 Å². The Kier molecular flexibility index (Phi) is 9.21. The molecule has 0 saturated carbocycles. The van der Waals surface area contributed by atoms with E-state index in [2.05, 4.69) is 0 Å². The third-order valence-corrected chi connectivity index (χ3v) is 7.64. The van der Waals surface area contributed by atoms with Gasteiger partial charge in [-0.2, -0.15) is 0 Å². The predicted octanol–water partition coefficient (Wildman–Crippen LogP) is 5.53. The maximum Gasteiger partial charge on any atom is 0.310 e. The Morgan fingerprint density at radius 3 is 2.17 bits per heavy atom. The Morgan fingerprint density at radius 1 is 0.905 bits per heavy atom. The van der Waals surface area contributed by atoms with Crippen molar-refractivity contribution in [2.75, 3.05) is 21.3 Å². The van der Waals surface area contributed by atoms with E-state index in [-0.39, 0.29) is 35.8 Å². The molecule has 4 rings (SSSR count). The molecule has 0 spiro atoms. The summed E-state index contributed by atoms with van der Waals surface area (Å²) < 4.78 is 22.8. The molecule has 1 atom stereocenters. The van der Waals surface area contributed by atoms with Crippen LogP contribution in [0, 0.1) is 6.92 Å². The number of nitrogens with zero attached hydrogens (tertiary/aromatic N) is 1. The number of carbonyl (C=O) groups excluding carboxylic acids is 4. The van der Waals surface area contributed by atoms with E-state index in [0.717, 1.165) is 5.39 Å². The minimum Gasteiger partial charge on any atom is -0.497 e. The monoisotopic (exact) mass is 593 g/mol. The van der Waals surface area contributed by atoms with E-state index in [4.69, 9.17) is 30.5 Å². The summed E-state index contributed by atoms with van der Waals surface area (Å²) in [5.74, 6) is -1.28. The van der Waals surface area contributed by atoms with Crippen LogP contribution in [0.2, 0.25) is 5.02 Å². The van der Waals surface area contributed by atoms with Gasteiger partial charge >= 0.3 is 5.97 Å². The smallest absolute Gasteiger partial charge is 0.310 e. The Hall–Kier alpha value is -4.37. The van der Waals surface area contributed by atoms with Gasteiger partial charge in [0.15, 0.2) is 0 Å². The zero-order valence-corrected chi connectivity index (χ0v) is 25.1. The number of methoxy groups -OCH3 is 3. The number of hydrogen-bond acceptors (Lipinski definition) is 8. The minimum absolute atomic E-state index is 0.0766. The highest BCUT2D eigenvalue weighted by Crippen LogP contribution is 2.32. The molecule has 0 amide bonds. The number of carbonyl (C=O) groups is 4. The number of ketones is 2. The zero-order valence-electron chi connectivity index (χ0n) is 24.3. The van der Waals surface area contributed by atoms with Crippen molar-refractivity contribution in [3.05, 3.63) is 87.0 Å². The van der Waals surface area contributed by atoms with Gasteiger partial charge in [-0.1, -0.05) is 11.6 Å². The van der Waals surface area contributed by atoms with Gasteiger partial charge in [-0.25, -0.2) is 0 Å². The number of allylic oxidation sites excluding steroid dienone is 2. The van der Waals surface area contributed by atoms with Crippen molar-refractivity contribution in [2.24, 2.45) is 0 Å². The first-order chi connectivity index (χ1) is 20.0. The fourth-order valence-corrected chi connectivity index (χ4v) is 5.23. The molecule has 1 heterocycles. The summed E-state index contributed by atoms with van der Waals surface area (Å²) >= 11 is 6.01. The fourth-order valence-electron chi connectivity index (χ4n) is 5.11. The second-order valence-corrected chi connectivity index (χ2v) is 10.4. The fraction of sp³-hybridized carbons (Fsp3) is 0.312. The van der Waals surface area contributed by atoms with E-state index in [9.17, 15) is 19.2 Å². The van der Waals surface area contributed by atoms with Crippen molar-refractivity contribution < 1.29 is 38.1 Å². The molecular formula is C32H32ClNO8. The Morgan fingerprint density at radius 2 is 1.55 bits per heavy atom. The molecule has 1 aliphatic rings. The van der Waals surface area contributed by atoms with Crippen LogP contribution in [-0.4, -0.2) is 55.4 Å². The quantitative estimate of drug-likeness (QED) is 0.223. The van der Waals surface area contributed by atoms with Crippen molar-refractivity contribution in [3.63, 3.8) is 0 Å². The van der Waals surface area contributed by atoms with Gasteiger partial charge in [0.2, 0.25) is 23.1 Å². The van der Waals surface area contributed by atoms with Crippen molar-refractivity contribution in [1.82, 2.24) is 4.57 Å². The van der Waals surface area contributed by atoms with Crippen LogP contribution in [-0.2, 0) is 35.0 Å². The van der Waals surface area contributed by atoms with Crippen LogP contribution in [0.5, 0.6) is 5.75 Å². The molecule has 1 aliphatic carbocycles. The van der Waals surface area contributed by atoms with E-state index >= 15 is 0 Å². The lowest BCUT2D eigenvalue weighted by Crippen LogP contribution is -2.26. The lowest BCUT2D eigenvalue weighted by molar-refractivity contribution is -0.147. The van der Waals surface area contributed by atoms with Gasteiger partial charge < -0.3 is 18.9 Å². The molecule has 0 bridgehead atoms. The molecule has 1 unspecified atom stereocenters. The van der Waals surface area contributed by atoms with Gasteiger partial charge in [0.1, 0.15) is 5.75 Å². The first-order valence-electron chi connectivity index (χ1n) is 13.3. The number of fused-ring (bicyclic) bond motifs is 1. The molecule has 3 aromatic rings. The van der Waals surface area contributed by atoms with E-state index in [1.54, 1.807) is 68.8 Å². The van der Waals surface area contributed by atoms with Gasteiger partial charge in [0.05, 0.1) is 39.4 Å². The summed E-state index contributed by atoms with van der Waals surface area (Å²) in [5, 5.41) is 1.24. The maximum absolute atomic E-state index is 13.6. The first kappa shape index (κ1) is 30.6. The molecular weight excluding hydrogens is 562 g/mol. The number of ether oxygens (including phenoxy) is 4. The predicted molar refractivity (Wildman–Crippen MR) is 157 cm³/mol. The lowest BCUT2D eigenvalue weighted by Gasteiger charge is -2.21. The molecule has 1 aromatic heterocycles. The summed E-state index contributed by atoms with van der Waals surface area (Å²) in [6, 6.07) is 11.9. The summed E-state index contributed by atoms with van der Waals surface area (Å²) in [4.78, 5) is 52.2. The van der Waals surface area contributed by atoms with E-state index in [0.29, 0.717) is 45.1 Å². The average Bonchev–Trinajstić information content (AvgIpc) is 3.24. The third kappa shape index (κ3) is 5.83. The molecule has 0 radical (unpaired) electrons. The standard InChI is InChI=1S/C32H32ClNO8/c1-17(7-13-23-18(2)28(36)30(40-5)31(41-6)29(23)37)42-27(35)16-25-19(3)34(26-15-22(39-4)12-14-24(25)26)32(38)20-8-10-21(33)11-9-20/h8-12,14-15,17H,7,13,16H2,1-6H3. The Bertz CT molecular complexity index is 1640. The molecule has 0 saturated heterocycles. The van der Waals surface area contributed by atoms with Crippen molar-refractivity contribution in [2.45, 2.75) is 46.1 Å². The zero-order chi connectivity index (χ0) is 30.7. The molecule has 9 nitrogen and oxygen atoms in total. The third-order valence-electron chi connectivity index (χ3n) is 7.39. The summed E-state index contributed by atoms with van der Waals surface area (Å²) in [5.41, 5.74) is 2.87. The Labute approximate surface area is 248 Å². The van der Waals surface area contributed by atoms with Crippen LogP contribution in [0.4, 0.5) is 0 Å². The summed E-state index contributed by atoms with van der Waals surface area (Å²) in [7, 11) is 4.15. The number of Topliss-reactive ketones (excluding diaryl/α,β-unsaturated/α-hetero) is 2. The Balaban J connectivity index is 1.53. The van der Waals surface area contributed by atoms with Crippen LogP contribution in [0.15, 0.2) is 65.1 Å². The highest BCUT2D eigenvalue weighted by Gasteiger charge is 2.34. The van der Waals surface area contributed by atoms with Gasteiger partial charge in [-0.15, -0.1) is 0 Å². The second-order valence-electron chi connectivity index (χ2n) is 9.94. The van der Waals surface area contributed by atoms with Crippen molar-refractivity contribution >= 4 is 45.9 Å². The number of halogens is 1. The van der Waals surface area contributed by atoms with E-state index < -0.39 is 23.6 Å². The largest absolute Gasteiger partial charge is 0.497 e. The van der Waals surface area contributed by atoms with E-state index in [1.165, 1.54) is 14.2 Å². The number of aromatic nitrogens is 1. The van der Waals surface area contributed by atoms with Crippen molar-refractivity contribution in [1.29, 1.82) is 0 Å². The minimum atomic E-state index is -0.552. The van der Waals surface area contributed by atoms with Crippen LogP contribution < -0.4 is 4.74 Å². The molecule has 10 heteroatoms. The summed E-state index contributed by atoms with van der Waals surface area (Å²) in [6.45, 7) is 5.07. The molecule has 220 valence electrons. The molecule has 0 N–H and O–H groups in total. The number of benzene rings is 2. The van der Waals surface area contributed by atoms with Crippen LogP contribution in [0.25, 0.3) is 10.9 Å². The number of esters is 1. The first-order valence-corrected chi connectivity index (χ1v) is 13.7. The van der Waals surface area contributed by atoms with Crippen LogP contribution in [0.3, 0.4) is 0 Å².